The highest BCUT2D eigenvalue weighted by atomic mass is 16.2. The molecule has 0 fully saturated rings. The number of amides is 2. The van der Waals surface area contributed by atoms with Crippen molar-refractivity contribution in [2.45, 2.75) is 12.6 Å². The van der Waals surface area contributed by atoms with Crippen LogP contribution >= 0.6 is 0 Å². The van der Waals surface area contributed by atoms with Crippen molar-refractivity contribution in [2.24, 2.45) is 0 Å². The molecular weight excluding hydrogens is 264 g/mol. The van der Waals surface area contributed by atoms with Gasteiger partial charge in [-0.3, -0.25) is 14.5 Å². The molecule has 1 atom stereocenters. The molecule has 2 aliphatic heterocycles. The highest BCUT2D eigenvalue weighted by molar-refractivity contribution is 6.21. The van der Waals surface area contributed by atoms with E-state index >= 15 is 0 Å². The number of carbonyl (C=O) groups excluding carboxylic acids is 2. The number of hydrogen-bond donors (Lipinski definition) is 1. The molecule has 0 saturated carbocycles. The summed E-state index contributed by atoms with van der Waals surface area (Å²) in [7, 11) is 0. The van der Waals surface area contributed by atoms with Gasteiger partial charge in [-0.1, -0.05) is 36.4 Å². The van der Waals surface area contributed by atoms with E-state index in [0.717, 1.165) is 17.7 Å². The zero-order valence-electron chi connectivity index (χ0n) is 11.4. The Labute approximate surface area is 122 Å². The summed E-state index contributed by atoms with van der Waals surface area (Å²) in [6, 6.07) is 14.8. The number of rotatable bonds is 1. The van der Waals surface area contributed by atoms with Crippen molar-refractivity contribution in [3.05, 3.63) is 70.8 Å². The fraction of sp³-hybridized carbons (Fsp3) is 0.176. The molecule has 0 spiro atoms. The number of carbonyl (C=O) groups is 2. The molecular formula is C17H14N2O2. The van der Waals surface area contributed by atoms with Crippen LogP contribution in [0.4, 0.5) is 0 Å². The Balaban J connectivity index is 1.80. The summed E-state index contributed by atoms with van der Waals surface area (Å²) < 4.78 is 0. The van der Waals surface area contributed by atoms with Crippen molar-refractivity contribution < 1.29 is 9.59 Å². The number of nitrogens with one attached hydrogen (secondary N) is 1. The van der Waals surface area contributed by atoms with Gasteiger partial charge in [0, 0.05) is 13.1 Å². The second-order valence-corrected chi connectivity index (χ2v) is 5.37. The number of imide groups is 1. The first kappa shape index (κ1) is 12.3. The Bertz CT molecular complexity index is 719. The molecule has 0 radical (unpaired) electrons. The molecule has 21 heavy (non-hydrogen) atoms. The molecule has 4 nitrogen and oxygen atoms in total. The Kier molecular flexibility index (Phi) is 2.65. The minimum absolute atomic E-state index is 0.195. The maximum absolute atomic E-state index is 12.6. The third-order valence-corrected chi connectivity index (χ3v) is 4.20. The molecule has 4 heteroatoms. The average molecular weight is 278 g/mol. The van der Waals surface area contributed by atoms with Crippen LogP contribution in [0.5, 0.6) is 0 Å². The molecule has 1 N–H and O–H groups in total. The quantitative estimate of drug-likeness (QED) is 0.813. The molecule has 4 rings (SSSR count). The largest absolute Gasteiger partial charge is 0.310 e. The van der Waals surface area contributed by atoms with E-state index in [0.29, 0.717) is 17.7 Å². The minimum Gasteiger partial charge on any atom is -0.310 e. The van der Waals surface area contributed by atoms with E-state index in [1.807, 2.05) is 24.3 Å². The number of hydrogen-bond acceptors (Lipinski definition) is 3. The smallest absolute Gasteiger partial charge is 0.262 e. The van der Waals surface area contributed by atoms with E-state index in [4.69, 9.17) is 0 Å². The van der Waals surface area contributed by atoms with E-state index in [1.54, 1.807) is 24.3 Å². The lowest BCUT2D eigenvalue weighted by atomic mass is 9.95. The number of fused-ring (bicyclic) bond motifs is 2. The molecule has 0 bridgehead atoms. The lowest BCUT2D eigenvalue weighted by molar-refractivity contribution is 0.0574. The third-order valence-electron chi connectivity index (χ3n) is 4.20. The van der Waals surface area contributed by atoms with Crippen LogP contribution in [-0.4, -0.2) is 23.3 Å². The van der Waals surface area contributed by atoms with E-state index in [-0.39, 0.29) is 17.9 Å². The van der Waals surface area contributed by atoms with Gasteiger partial charge < -0.3 is 5.32 Å². The van der Waals surface area contributed by atoms with Gasteiger partial charge in [0.1, 0.15) is 0 Å². The van der Waals surface area contributed by atoms with Crippen LogP contribution in [0.3, 0.4) is 0 Å². The molecule has 2 aromatic carbocycles. The minimum atomic E-state index is -0.234. The van der Waals surface area contributed by atoms with Gasteiger partial charge in [-0.05, 0) is 23.3 Å². The van der Waals surface area contributed by atoms with Crippen LogP contribution in [0.1, 0.15) is 37.9 Å². The lowest BCUT2D eigenvalue weighted by Crippen LogP contribution is -2.42. The highest BCUT2D eigenvalue weighted by Gasteiger charge is 2.41. The Hall–Kier alpha value is -2.46. The third kappa shape index (κ3) is 1.73. The van der Waals surface area contributed by atoms with Crippen molar-refractivity contribution in [2.75, 3.05) is 6.54 Å². The van der Waals surface area contributed by atoms with Crippen molar-refractivity contribution in [1.82, 2.24) is 10.2 Å². The standard InChI is InChI=1S/C17H14N2O2/c20-16-13-7-3-4-8-14(13)17(21)19(16)15-10-18-9-11-5-1-2-6-12(11)15/h1-8,15,18H,9-10H2. The SMILES string of the molecule is O=C1c2ccccc2C(=O)N1C1CNCc2ccccc21. The second-order valence-electron chi connectivity index (χ2n) is 5.37. The van der Waals surface area contributed by atoms with Gasteiger partial charge in [0.05, 0.1) is 17.2 Å². The fourth-order valence-corrected chi connectivity index (χ4v) is 3.20. The Morgan fingerprint density at radius 1 is 0.905 bits per heavy atom. The van der Waals surface area contributed by atoms with E-state index < -0.39 is 0 Å². The highest BCUT2D eigenvalue weighted by Crippen LogP contribution is 2.34. The summed E-state index contributed by atoms with van der Waals surface area (Å²) in [6.45, 7) is 1.37. The van der Waals surface area contributed by atoms with Crippen LogP contribution in [0.2, 0.25) is 0 Å². The van der Waals surface area contributed by atoms with Gasteiger partial charge in [-0.2, -0.15) is 0 Å². The van der Waals surface area contributed by atoms with Gasteiger partial charge in [0.25, 0.3) is 11.8 Å². The van der Waals surface area contributed by atoms with Crippen LogP contribution in [0.25, 0.3) is 0 Å². The topological polar surface area (TPSA) is 49.4 Å². The molecule has 2 heterocycles. The lowest BCUT2D eigenvalue weighted by Gasteiger charge is -2.32. The van der Waals surface area contributed by atoms with Gasteiger partial charge in [0.2, 0.25) is 0 Å². The summed E-state index contributed by atoms with van der Waals surface area (Å²) in [5.74, 6) is -0.391. The number of benzene rings is 2. The van der Waals surface area contributed by atoms with Gasteiger partial charge in [-0.15, -0.1) is 0 Å². The van der Waals surface area contributed by atoms with Crippen molar-refractivity contribution in [1.29, 1.82) is 0 Å². The van der Waals surface area contributed by atoms with Crippen molar-refractivity contribution >= 4 is 11.8 Å². The van der Waals surface area contributed by atoms with Crippen molar-refractivity contribution in [3.8, 4) is 0 Å². The first-order valence-corrected chi connectivity index (χ1v) is 7.03. The summed E-state index contributed by atoms with van der Waals surface area (Å²) in [5, 5.41) is 3.29. The summed E-state index contributed by atoms with van der Waals surface area (Å²) in [4.78, 5) is 26.6. The van der Waals surface area contributed by atoms with Crippen LogP contribution in [-0.2, 0) is 6.54 Å². The predicted molar refractivity (Wildman–Crippen MR) is 77.8 cm³/mol. The number of nitrogens with zero attached hydrogens (tertiary/aromatic N) is 1. The molecule has 0 saturated heterocycles. The van der Waals surface area contributed by atoms with Gasteiger partial charge in [-0.25, -0.2) is 0 Å². The Morgan fingerprint density at radius 3 is 2.24 bits per heavy atom. The van der Waals surface area contributed by atoms with E-state index in [9.17, 15) is 9.59 Å². The van der Waals surface area contributed by atoms with Crippen LogP contribution < -0.4 is 5.32 Å². The normalized spacial score (nSPS) is 20.4. The van der Waals surface area contributed by atoms with Crippen LogP contribution in [0, 0.1) is 0 Å². The molecule has 2 aromatic rings. The van der Waals surface area contributed by atoms with Gasteiger partial charge >= 0.3 is 0 Å². The van der Waals surface area contributed by atoms with E-state index in [2.05, 4.69) is 5.32 Å². The molecule has 2 aliphatic rings. The van der Waals surface area contributed by atoms with E-state index in [1.165, 1.54) is 4.90 Å². The molecule has 0 aliphatic carbocycles. The monoisotopic (exact) mass is 278 g/mol. The summed E-state index contributed by atoms with van der Waals surface area (Å²) in [5.41, 5.74) is 3.21. The summed E-state index contributed by atoms with van der Waals surface area (Å²) >= 11 is 0. The first-order chi connectivity index (χ1) is 10.3. The Morgan fingerprint density at radius 2 is 1.52 bits per heavy atom. The zero-order valence-corrected chi connectivity index (χ0v) is 11.4. The maximum Gasteiger partial charge on any atom is 0.262 e. The predicted octanol–water partition coefficient (Wildman–Crippen LogP) is 2.13. The van der Waals surface area contributed by atoms with Gasteiger partial charge in [0.15, 0.2) is 0 Å². The zero-order chi connectivity index (χ0) is 14.4. The molecule has 0 aromatic heterocycles. The summed E-state index contributed by atoms with van der Waals surface area (Å²) in [6.07, 6.45) is 0. The second kappa shape index (κ2) is 4.53. The van der Waals surface area contributed by atoms with Crippen molar-refractivity contribution in [3.63, 3.8) is 0 Å². The fourth-order valence-electron chi connectivity index (χ4n) is 3.20. The maximum atomic E-state index is 12.6. The average Bonchev–Trinajstić information content (AvgIpc) is 2.79. The molecule has 2 amide bonds. The first-order valence-electron chi connectivity index (χ1n) is 7.03. The van der Waals surface area contributed by atoms with Crippen LogP contribution in [0.15, 0.2) is 48.5 Å². The molecule has 104 valence electrons. The molecule has 1 unspecified atom stereocenters.